The molecule has 0 saturated heterocycles. The Balaban J connectivity index is 1.59. The van der Waals surface area contributed by atoms with Crippen LogP contribution in [0.4, 0.5) is 4.39 Å². The van der Waals surface area contributed by atoms with E-state index in [4.69, 9.17) is 11.6 Å². The smallest absolute Gasteiger partial charge is 0.240 e. The van der Waals surface area contributed by atoms with Gasteiger partial charge in [0.05, 0.1) is 4.90 Å². The van der Waals surface area contributed by atoms with Crippen molar-refractivity contribution in [3.8, 4) is 0 Å². The predicted molar refractivity (Wildman–Crippen MR) is 101 cm³/mol. The monoisotopic (exact) mass is 408 g/mol. The molecule has 0 aliphatic carbocycles. The molecule has 3 rings (SSSR count). The first-order valence-electron chi connectivity index (χ1n) is 8.24. The molecule has 3 aromatic rings. The van der Waals surface area contributed by atoms with Crippen LogP contribution in [0.3, 0.4) is 0 Å². The van der Waals surface area contributed by atoms with Crippen LogP contribution in [0.5, 0.6) is 0 Å². The summed E-state index contributed by atoms with van der Waals surface area (Å²) in [6.07, 6.45) is 0.733. The van der Waals surface area contributed by atoms with E-state index in [1.54, 1.807) is 31.2 Å². The van der Waals surface area contributed by atoms with Crippen LogP contribution in [-0.4, -0.2) is 30.1 Å². The lowest BCUT2D eigenvalue weighted by molar-refractivity contribution is 0.580. The summed E-state index contributed by atoms with van der Waals surface area (Å²) in [5.41, 5.74) is 1.27. The van der Waals surface area contributed by atoms with Gasteiger partial charge in [0.1, 0.15) is 11.6 Å². The van der Waals surface area contributed by atoms with Crippen molar-refractivity contribution in [3.05, 3.63) is 76.1 Å². The molecule has 2 N–H and O–H groups in total. The van der Waals surface area contributed by atoms with Crippen LogP contribution >= 0.6 is 11.6 Å². The summed E-state index contributed by atoms with van der Waals surface area (Å²) in [6, 6.07) is 11.0. The number of hydrogen-bond acceptors (Lipinski definition) is 4. The minimum Gasteiger partial charge on any atom is -0.263 e. The summed E-state index contributed by atoms with van der Waals surface area (Å²) in [4.78, 5) is 4.46. The molecular weight excluding hydrogens is 391 g/mol. The highest BCUT2D eigenvalue weighted by molar-refractivity contribution is 7.89. The van der Waals surface area contributed by atoms with Crippen molar-refractivity contribution in [2.45, 2.75) is 24.7 Å². The normalized spacial score (nSPS) is 11.7. The number of H-pyrrole nitrogens is 1. The number of halogens is 2. The maximum Gasteiger partial charge on any atom is 0.240 e. The second-order valence-electron chi connectivity index (χ2n) is 6.02. The molecule has 0 amide bonds. The average Bonchev–Trinajstić information content (AvgIpc) is 3.04. The van der Waals surface area contributed by atoms with Crippen LogP contribution < -0.4 is 4.72 Å². The summed E-state index contributed by atoms with van der Waals surface area (Å²) < 4.78 is 40.6. The van der Waals surface area contributed by atoms with Crippen molar-refractivity contribution in [2.24, 2.45) is 0 Å². The van der Waals surface area contributed by atoms with Crippen LogP contribution in [0.1, 0.15) is 22.8 Å². The van der Waals surface area contributed by atoms with Crippen molar-refractivity contribution in [1.82, 2.24) is 19.9 Å². The highest BCUT2D eigenvalue weighted by atomic mass is 35.5. The van der Waals surface area contributed by atoms with E-state index in [-0.39, 0.29) is 17.3 Å². The van der Waals surface area contributed by atoms with Crippen molar-refractivity contribution in [3.63, 3.8) is 0 Å². The molecule has 0 aliphatic rings. The fourth-order valence-corrected chi connectivity index (χ4v) is 4.15. The van der Waals surface area contributed by atoms with Gasteiger partial charge in [-0.15, -0.1) is 0 Å². The number of benzene rings is 2. The van der Waals surface area contributed by atoms with Crippen LogP contribution in [0, 0.1) is 12.7 Å². The third kappa shape index (κ3) is 4.91. The maximum atomic E-state index is 13.2. The molecule has 9 heteroatoms. The molecule has 0 bridgehead atoms. The summed E-state index contributed by atoms with van der Waals surface area (Å²) in [5.74, 6) is 0.758. The first-order valence-corrected chi connectivity index (χ1v) is 10.1. The lowest BCUT2D eigenvalue weighted by atomic mass is 10.1. The van der Waals surface area contributed by atoms with Gasteiger partial charge in [0.15, 0.2) is 5.82 Å². The number of nitrogens with zero attached hydrogens (tertiary/aromatic N) is 2. The molecule has 0 atom stereocenters. The molecule has 0 aliphatic heterocycles. The Morgan fingerprint density at radius 1 is 1.22 bits per heavy atom. The fraction of sp³-hybridized carbons (Fsp3) is 0.222. The molecule has 142 valence electrons. The number of rotatable bonds is 7. The van der Waals surface area contributed by atoms with Crippen molar-refractivity contribution in [2.75, 3.05) is 6.54 Å². The van der Waals surface area contributed by atoms with Gasteiger partial charge in [-0.3, -0.25) is 5.10 Å². The molecule has 0 radical (unpaired) electrons. The molecule has 0 fully saturated rings. The summed E-state index contributed by atoms with van der Waals surface area (Å²) >= 11 is 5.99. The van der Waals surface area contributed by atoms with E-state index < -0.39 is 10.0 Å². The molecule has 2 aromatic carbocycles. The van der Waals surface area contributed by atoms with Crippen LogP contribution in [-0.2, 0) is 22.9 Å². The van der Waals surface area contributed by atoms with Gasteiger partial charge in [-0.1, -0.05) is 29.8 Å². The van der Waals surface area contributed by atoms with E-state index in [0.717, 1.165) is 5.56 Å². The zero-order chi connectivity index (χ0) is 19.4. The molecule has 1 aromatic heterocycles. The first-order chi connectivity index (χ1) is 12.8. The zero-order valence-electron chi connectivity index (χ0n) is 14.5. The Morgan fingerprint density at radius 2 is 2.00 bits per heavy atom. The largest absolute Gasteiger partial charge is 0.263 e. The third-order valence-corrected chi connectivity index (χ3v) is 6.00. The fourth-order valence-electron chi connectivity index (χ4n) is 2.62. The van der Waals surface area contributed by atoms with Crippen LogP contribution in [0.25, 0.3) is 0 Å². The van der Waals surface area contributed by atoms with Gasteiger partial charge in [0.2, 0.25) is 10.0 Å². The van der Waals surface area contributed by atoms with Gasteiger partial charge in [-0.25, -0.2) is 22.5 Å². The highest BCUT2D eigenvalue weighted by Gasteiger charge is 2.18. The number of aromatic nitrogens is 3. The van der Waals surface area contributed by atoms with Gasteiger partial charge in [0.25, 0.3) is 0 Å². The lowest BCUT2D eigenvalue weighted by Crippen LogP contribution is -2.27. The Kier molecular flexibility index (Phi) is 5.88. The van der Waals surface area contributed by atoms with E-state index in [0.29, 0.717) is 35.1 Å². The summed E-state index contributed by atoms with van der Waals surface area (Å²) in [7, 11) is -3.67. The van der Waals surface area contributed by atoms with E-state index in [1.165, 1.54) is 18.2 Å². The Bertz CT molecular complexity index is 1050. The Morgan fingerprint density at radius 3 is 2.78 bits per heavy atom. The first kappa shape index (κ1) is 19.5. The van der Waals surface area contributed by atoms with E-state index in [2.05, 4.69) is 19.9 Å². The zero-order valence-corrected chi connectivity index (χ0v) is 16.1. The standard InChI is InChI=1S/C18H18ClFN4O2S/c1-12-15(19)6-3-7-16(12)27(25,26)21-9-8-17-22-18(24-23-17)11-13-4-2-5-14(20)10-13/h2-7,10,21H,8-9,11H2,1H3,(H,22,23,24). The molecule has 0 saturated carbocycles. The topological polar surface area (TPSA) is 87.7 Å². The van der Waals surface area contributed by atoms with Crippen molar-refractivity contribution < 1.29 is 12.8 Å². The SMILES string of the molecule is Cc1c(Cl)cccc1S(=O)(=O)NCCc1n[nH]c(Cc2cccc(F)c2)n1. The summed E-state index contributed by atoms with van der Waals surface area (Å²) in [5, 5.41) is 7.26. The Labute approximate surface area is 161 Å². The molecule has 0 spiro atoms. The minimum atomic E-state index is -3.67. The van der Waals surface area contributed by atoms with Crippen LogP contribution in [0.15, 0.2) is 47.4 Å². The number of sulfonamides is 1. The van der Waals surface area contributed by atoms with Gasteiger partial charge in [-0.2, -0.15) is 5.10 Å². The van der Waals surface area contributed by atoms with E-state index in [9.17, 15) is 12.8 Å². The quantitative estimate of drug-likeness (QED) is 0.629. The summed E-state index contributed by atoms with van der Waals surface area (Å²) in [6.45, 7) is 1.80. The average molecular weight is 409 g/mol. The third-order valence-electron chi connectivity index (χ3n) is 3.99. The number of hydrogen-bond donors (Lipinski definition) is 2. The second kappa shape index (κ2) is 8.16. The van der Waals surface area contributed by atoms with Gasteiger partial charge in [0, 0.05) is 24.4 Å². The van der Waals surface area contributed by atoms with Crippen LogP contribution in [0.2, 0.25) is 5.02 Å². The van der Waals surface area contributed by atoms with Crippen molar-refractivity contribution >= 4 is 21.6 Å². The Hall–Kier alpha value is -2.29. The molecule has 27 heavy (non-hydrogen) atoms. The molecule has 0 unspecified atom stereocenters. The molecule has 1 heterocycles. The number of aromatic amines is 1. The van der Waals surface area contributed by atoms with Gasteiger partial charge >= 0.3 is 0 Å². The predicted octanol–water partition coefficient (Wildman–Crippen LogP) is 3.02. The van der Waals surface area contributed by atoms with E-state index in [1.807, 2.05) is 0 Å². The molecule has 6 nitrogen and oxygen atoms in total. The van der Waals surface area contributed by atoms with Crippen molar-refractivity contribution in [1.29, 1.82) is 0 Å². The highest BCUT2D eigenvalue weighted by Crippen LogP contribution is 2.22. The lowest BCUT2D eigenvalue weighted by Gasteiger charge is -2.09. The second-order valence-corrected chi connectivity index (χ2v) is 8.16. The maximum absolute atomic E-state index is 13.2. The van der Waals surface area contributed by atoms with Gasteiger partial charge < -0.3 is 0 Å². The minimum absolute atomic E-state index is 0.144. The number of nitrogens with one attached hydrogen (secondary N) is 2. The molecular formula is C18H18ClFN4O2S. The van der Waals surface area contributed by atoms with E-state index >= 15 is 0 Å². The van der Waals surface area contributed by atoms with Gasteiger partial charge in [-0.05, 0) is 42.3 Å².